The maximum Gasteiger partial charge on any atom is 0.251 e. The number of benzene rings is 2. The van der Waals surface area contributed by atoms with Crippen molar-refractivity contribution in [2.45, 2.75) is 31.6 Å². The largest absolute Gasteiger partial charge is 0.486 e. The van der Waals surface area contributed by atoms with Gasteiger partial charge in [-0.2, -0.15) is 0 Å². The van der Waals surface area contributed by atoms with E-state index in [9.17, 15) is 9.18 Å². The fourth-order valence-electron chi connectivity index (χ4n) is 4.61. The van der Waals surface area contributed by atoms with Gasteiger partial charge in [-0.3, -0.25) is 4.79 Å². The fraction of sp³-hybridized carbons (Fsp3) is 0.458. The highest BCUT2D eigenvalue weighted by molar-refractivity contribution is 5.95. The Kier molecular flexibility index (Phi) is 5.78. The van der Waals surface area contributed by atoms with E-state index < -0.39 is 0 Å². The lowest BCUT2D eigenvalue weighted by Crippen LogP contribution is -2.57. The molecule has 3 fully saturated rings. The molecule has 31 heavy (non-hydrogen) atoms. The summed E-state index contributed by atoms with van der Waals surface area (Å²) >= 11 is 0. The summed E-state index contributed by atoms with van der Waals surface area (Å²) in [7, 11) is 0. The smallest absolute Gasteiger partial charge is 0.251 e. The van der Waals surface area contributed by atoms with E-state index in [1.54, 1.807) is 30.3 Å². The zero-order chi connectivity index (χ0) is 21.2. The van der Waals surface area contributed by atoms with E-state index in [1.165, 1.54) is 12.1 Å². The lowest BCUT2D eigenvalue weighted by Gasteiger charge is -2.44. The van der Waals surface area contributed by atoms with Crippen LogP contribution in [0.1, 0.15) is 28.8 Å². The van der Waals surface area contributed by atoms with Crippen LogP contribution in [0.25, 0.3) is 0 Å². The van der Waals surface area contributed by atoms with Crippen LogP contribution in [0.4, 0.5) is 4.39 Å². The first-order valence-electron chi connectivity index (χ1n) is 10.9. The highest BCUT2D eigenvalue weighted by Gasteiger charge is 2.35. The minimum absolute atomic E-state index is 0.0603. The van der Waals surface area contributed by atoms with Crippen LogP contribution < -0.4 is 14.8 Å². The number of amides is 1. The second kappa shape index (κ2) is 8.85. The van der Waals surface area contributed by atoms with Crippen LogP contribution >= 0.6 is 0 Å². The van der Waals surface area contributed by atoms with Crippen LogP contribution in [0.2, 0.25) is 0 Å². The van der Waals surface area contributed by atoms with Gasteiger partial charge >= 0.3 is 0 Å². The van der Waals surface area contributed by atoms with Gasteiger partial charge in [0.25, 0.3) is 5.91 Å². The standard InChI is InChI=1S/C24H27FN2O4/c25-19-4-1-16(2-5-19)13-29-14-20-15-30-23-11-18(3-6-22(23)31-20)24(28)26-21-12-27-9-7-17(21)8-10-27/h1-6,11,17,20-21H,7-10,12-15H2,(H,26,28)/t20-,21-/m0/s1. The molecule has 2 aromatic rings. The zero-order valence-electron chi connectivity index (χ0n) is 17.4. The third kappa shape index (κ3) is 4.67. The first kappa shape index (κ1) is 20.3. The van der Waals surface area contributed by atoms with Crippen molar-refractivity contribution < 1.29 is 23.4 Å². The summed E-state index contributed by atoms with van der Waals surface area (Å²) in [5.74, 6) is 1.45. The molecule has 164 valence electrons. The van der Waals surface area contributed by atoms with E-state index in [2.05, 4.69) is 10.2 Å². The number of nitrogens with zero attached hydrogens (tertiary/aromatic N) is 1. The van der Waals surface area contributed by atoms with Crippen molar-refractivity contribution in [1.82, 2.24) is 10.2 Å². The molecule has 0 unspecified atom stereocenters. The summed E-state index contributed by atoms with van der Waals surface area (Å²) in [6.07, 6.45) is 2.09. The Hall–Kier alpha value is -2.64. The lowest BCUT2D eigenvalue weighted by atomic mass is 9.84. The Labute approximate surface area is 181 Å². The second-order valence-electron chi connectivity index (χ2n) is 8.57. The molecule has 4 aliphatic rings. The zero-order valence-corrected chi connectivity index (χ0v) is 17.4. The predicted octanol–water partition coefficient (Wildman–Crippen LogP) is 3.01. The molecule has 3 saturated heterocycles. The molecule has 1 amide bonds. The number of halogens is 1. The third-order valence-corrected chi connectivity index (χ3v) is 6.38. The lowest BCUT2D eigenvalue weighted by molar-refractivity contribution is 0.00266. The average molecular weight is 426 g/mol. The van der Waals surface area contributed by atoms with Gasteiger partial charge in [-0.25, -0.2) is 4.39 Å². The first-order valence-corrected chi connectivity index (χ1v) is 10.9. The number of fused-ring (bicyclic) bond motifs is 4. The number of nitrogens with one attached hydrogen (secondary N) is 1. The molecule has 2 atom stereocenters. The van der Waals surface area contributed by atoms with Crippen LogP contribution in [0, 0.1) is 11.7 Å². The third-order valence-electron chi connectivity index (χ3n) is 6.38. The molecule has 6 rings (SSSR count). The molecule has 0 aliphatic carbocycles. The Balaban J connectivity index is 1.14. The summed E-state index contributed by atoms with van der Waals surface area (Å²) in [6.45, 7) is 4.33. The molecule has 0 spiro atoms. The number of hydrogen-bond donors (Lipinski definition) is 1. The number of rotatable bonds is 6. The summed E-state index contributed by atoms with van der Waals surface area (Å²) < 4.78 is 30.5. The Morgan fingerprint density at radius 2 is 1.94 bits per heavy atom. The molecule has 4 aliphatic heterocycles. The van der Waals surface area contributed by atoms with Crippen LogP contribution in [-0.2, 0) is 11.3 Å². The van der Waals surface area contributed by atoms with E-state index in [-0.39, 0.29) is 23.9 Å². The van der Waals surface area contributed by atoms with Crippen molar-refractivity contribution in [3.63, 3.8) is 0 Å². The van der Waals surface area contributed by atoms with Gasteiger partial charge in [0.2, 0.25) is 0 Å². The van der Waals surface area contributed by atoms with Crippen LogP contribution in [-0.4, -0.2) is 55.8 Å². The molecule has 7 heteroatoms. The number of carbonyl (C=O) groups is 1. The number of carbonyl (C=O) groups excluding carboxylic acids is 1. The van der Waals surface area contributed by atoms with Crippen LogP contribution in [0.3, 0.4) is 0 Å². The van der Waals surface area contributed by atoms with Gasteiger partial charge in [0.1, 0.15) is 12.4 Å². The molecular formula is C24H27FN2O4. The minimum Gasteiger partial charge on any atom is -0.486 e. The summed E-state index contributed by atoms with van der Waals surface area (Å²) in [5, 5.41) is 3.21. The highest BCUT2D eigenvalue weighted by Crippen LogP contribution is 2.33. The van der Waals surface area contributed by atoms with Crippen molar-refractivity contribution in [3.8, 4) is 11.5 Å². The molecule has 4 heterocycles. The molecule has 0 saturated carbocycles. The average Bonchev–Trinajstić information content (AvgIpc) is 2.81. The maximum atomic E-state index is 13.0. The van der Waals surface area contributed by atoms with Gasteiger partial charge in [-0.15, -0.1) is 0 Å². The molecule has 0 radical (unpaired) electrons. The van der Waals surface area contributed by atoms with Gasteiger partial charge in [-0.05, 0) is 67.7 Å². The maximum absolute atomic E-state index is 13.0. The minimum atomic E-state index is -0.263. The van der Waals surface area contributed by atoms with Crippen molar-refractivity contribution in [2.75, 3.05) is 32.8 Å². The fourth-order valence-corrected chi connectivity index (χ4v) is 4.61. The quantitative estimate of drug-likeness (QED) is 0.770. The molecule has 2 aromatic carbocycles. The monoisotopic (exact) mass is 426 g/mol. The summed E-state index contributed by atoms with van der Waals surface area (Å²) in [5.41, 5.74) is 1.49. The van der Waals surface area contributed by atoms with E-state index in [0.717, 1.165) is 38.0 Å². The SMILES string of the molecule is O=C(N[C@H]1CN2CCC1CC2)c1ccc2c(c1)OC[C@H](COCc1ccc(F)cc1)O2. The van der Waals surface area contributed by atoms with Crippen molar-refractivity contribution in [2.24, 2.45) is 5.92 Å². The molecular weight excluding hydrogens is 399 g/mol. The normalized spacial score (nSPS) is 26.5. The number of piperidine rings is 3. The van der Waals surface area contributed by atoms with Crippen molar-refractivity contribution >= 4 is 5.91 Å². The van der Waals surface area contributed by atoms with Gasteiger partial charge in [0.05, 0.1) is 13.2 Å². The number of hydrogen-bond acceptors (Lipinski definition) is 5. The molecule has 0 aromatic heterocycles. The Bertz CT molecular complexity index is 928. The van der Waals surface area contributed by atoms with Crippen LogP contribution in [0.15, 0.2) is 42.5 Å². The topological polar surface area (TPSA) is 60.0 Å². The van der Waals surface area contributed by atoms with Gasteiger partial charge in [0.15, 0.2) is 17.6 Å². The summed E-state index contributed by atoms with van der Waals surface area (Å²) in [6, 6.07) is 11.8. The molecule has 1 N–H and O–H groups in total. The van der Waals surface area contributed by atoms with Gasteiger partial charge in [-0.1, -0.05) is 12.1 Å². The van der Waals surface area contributed by atoms with Crippen molar-refractivity contribution in [3.05, 3.63) is 59.4 Å². The predicted molar refractivity (Wildman–Crippen MR) is 113 cm³/mol. The first-order chi connectivity index (χ1) is 15.1. The second-order valence-corrected chi connectivity index (χ2v) is 8.57. The van der Waals surface area contributed by atoms with E-state index in [4.69, 9.17) is 14.2 Å². The van der Waals surface area contributed by atoms with Gasteiger partial charge in [0, 0.05) is 18.2 Å². The highest BCUT2D eigenvalue weighted by atomic mass is 19.1. The molecule has 2 bridgehead atoms. The van der Waals surface area contributed by atoms with Crippen molar-refractivity contribution in [1.29, 1.82) is 0 Å². The van der Waals surface area contributed by atoms with Crippen LogP contribution in [0.5, 0.6) is 11.5 Å². The van der Waals surface area contributed by atoms with Gasteiger partial charge < -0.3 is 24.4 Å². The molecule has 6 nitrogen and oxygen atoms in total. The van der Waals surface area contributed by atoms with E-state index in [0.29, 0.717) is 42.8 Å². The Morgan fingerprint density at radius 1 is 1.13 bits per heavy atom. The Morgan fingerprint density at radius 3 is 2.68 bits per heavy atom. The number of ether oxygens (including phenoxy) is 3. The summed E-state index contributed by atoms with van der Waals surface area (Å²) in [4.78, 5) is 15.2. The van der Waals surface area contributed by atoms with E-state index >= 15 is 0 Å². The van der Waals surface area contributed by atoms with E-state index in [1.807, 2.05) is 0 Å².